The molecular formula is C18H24N2O4S. The number of carboxylic acid groups (broad SMARTS) is 1. The Morgan fingerprint density at radius 1 is 1.28 bits per heavy atom. The van der Waals surface area contributed by atoms with Gasteiger partial charge in [0.1, 0.15) is 6.04 Å². The minimum Gasteiger partial charge on any atom is -0.481 e. The SMILES string of the molecule is CCCC(=O)N1CSCC1C(=O)Nc1ccc(C(C)(C)C(=O)O)cc1. The maximum Gasteiger partial charge on any atom is 0.313 e. The maximum atomic E-state index is 12.5. The fourth-order valence-corrected chi connectivity index (χ4v) is 3.76. The predicted octanol–water partition coefficient (Wildman–Crippen LogP) is 2.69. The zero-order chi connectivity index (χ0) is 18.6. The molecule has 0 aliphatic carbocycles. The van der Waals surface area contributed by atoms with Crippen molar-refractivity contribution < 1.29 is 19.5 Å². The first-order chi connectivity index (χ1) is 11.8. The van der Waals surface area contributed by atoms with E-state index in [2.05, 4.69) is 5.32 Å². The van der Waals surface area contributed by atoms with Crippen LogP contribution >= 0.6 is 11.8 Å². The van der Waals surface area contributed by atoms with E-state index in [9.17, 15) is 19.5 Å². The number of thioether (sulfide) groups is 1. The quantitative estimate of drug-likeness (QED) is 0.810. The van der Waals surface area contributed by atoms with Crippen molar-refractivity contribution in [2.75, 3.05) is 16.9 Å². The molecule has 25 heavy (non-hydrogen) atoms. The predicted molar refractivity (Wildman–Crippen MR) is 98.6 cm³/mol. The van der Waals surface area contributed by atoms with E-state index in [-0.39, 0.29) is 11.8 Å². The molecule has 1 saturated heterocycles. The van der Waals surface area contributed by atoms with Crippen LogP contribution in [-0.2, 0) is 19.8 Å². The van der Waals surface area contributed by atoms with E-state index in [1.807, 2.05) is 6.92 Å². The summed E-state index contributed by atoms with van der Waals surface area (Å²) < 4.78 is 0. The largest absolute Gasteiger partial charge is 0.481 e. The number of benzene rings is 1. The van der Waals surface area contributed by atoms with Gasteiger partial charge in [0, 0.05) is 17.9 Å². The van der Waals surface area contributed by atoms with Crippen molar-refractivity contribution in [2.24, 2.45) is 0 Å². The summed E-state index contributed by atoms with van der Waals surface area (Å²) in [4.78, 5) is 37.6. The van der Waals surface area contributed by atoms with Crippen LogP contribution in [0.3, 0.4) is 0 Å². The highest BCUT2D eigenvalue weighted by atomic mass is 32.2. The third-order valence-electron chi connectivity index (χ3n) is 4.38. The van der Waals surface area contributed by atoms with E-state index in [1.165, 1.54) is 0 Å². The summed E-state index contributed by atoms with van der Waals surface area (Å²) in [5.41, 5.74) is 0.262. The van der Waals surface area contributed by atoms with Crippen LogP contribution < -0.4 is 5.32 Å². The highest BCUT2D eigenvalue weighted by Gasteiger charge is 2.34. The zero-order valence-electron chi connectivity index (χ0n) is 14.7. The second-order valence-corrected chi connectivity index (χ2v) is 7.63. The molecule has 136 valence electrons. The lowest BCUT2D eigenvalue weighted by Crippen LogP contribution is -2.44. The molecule has 1 heterocycles. The molecular weight excluding hydrogens is 340 g/mol. The molecule has 1 unspecified atom stereocenters. The lowest BCUT2D eigenvalue weighted by Gasteiger charge is -2.23. The molecule has 7 heteroatoms. The molecule has 2 N–H and O–H groups in total. The Morgan fingerprint density at radius 2 is 1.92 bits per heavy atom. The summed E-state index contributed by atoms with van der Waals surface area (Å²) in [6.45, 7) is 5.21. The van der Waals surface area contributed by atoms with Crippen LogP contribution in [0.2, 0.25) is 0 Å². The fraction of sp³-hybridized carbons (Fsp3) is 0.500. The molecule has 1 atom stereocenters. The highest BCUT2D eigenvalue weighted by molar-refractivity contribution is 7.99. The minimum atomic E-state index is -0.992. The van der Waals surface area contributed by atoms with Gasteiger partial charge in [-0.2, -0.15) is 0 Å². The molecule has 0 bridgehead atoms. The Kier molecular flexibility index (Phi) is 6.11. The number of anilines is 1. The van der Waals surface area contributed by atoms with Gasteiger partial charge in [-0.3, -0.25) is 14.4 Å². The average molecular weight is 364 g/mol. The number of nitrogens with zero attached hydrogens (tertiary/aromatic N) is 1. The van der Waals surface area contributed by atoms with Crippen LogP contribution in [0.1, 0.15) is 39.2 Å². The topological polar surface area (TPSA) is 86.7 Å². The Bertz CT molecular complexity index is 658. The van der Waals surface area contributed by atoms with E-state index in [1.54, 1.807) is 54.8 Å². The van der Waals surface area contributed by atoms with Crippen LogP contribution in [-0.4, -0.2) is 45.5 Å². The van der Waals surface area contributed by atoms with E-state index in [0.717, 1.165) is 6.42 Å². The molecule has 2 rings (SSSR count). The number of hydrogen-bond acceptors (Lipinski definition) is 4. The number of aliphatic carboxylic acids is 1. The van der Waals surface area contributed by atoms with Crippen molar-refractivity contribution >= 4 is 35.2 Å². The van der Waals surface area contributed by atoms with Gasteiger partial charge in [-0.15, -0.1) is 11.8 Å². The summed E-state index contributed by atoms with van der Waals surface area (Å²) in [5, 5.41) is 12.1. The standard InChI is InChI=1S/C18H24N2O4S/c1-4-5-15(21)20-11-25-10-14(20)16(22)19-13-8-6-12(7-9-13)18(2,3)17(23)24/h6-9,14H,4-5,10-11H2,1-3H3,(H,19,22)(H,23,24). The van der Waals surface area contributed by atoms with Gasteiger partial charge in [-0.05, 0) is 38.0 Å². The lowest BCUT2D eigenvalue weighted by atomic mass is 9.85. The summed E-state index contributed by atoms with van der Waals surface area (Å²) in [6, 6.07) is 6.33. The first-order valence-electron chi connectivity index (χ1n) is 8.29. The van der Waals surface area contributed by atoms with Crippen molar-refractivity contribution in [2.45, 2.75) is 45.1 Å². The van der Waals surface area contributed by atoms with Crippen LogP contribution in [0.15, 0.2) is 24.3 Å². The molecule has 0 radical (unpaired) electrons. The van der Waals surface area contributed by atoms with Crippen LogP contribution in [0.4, 0.5) is 5.69 Å². The van der Waals surface area contributed by atoms with Gasteiger partial charge in [-0.1, -0.05) is 19.1 Å². The molecule has 1 aliphatic heterocycles. The highest BCUT2D eigenvalue weighted by Crippen LogP contribution is 2.26. The number of amides is 2. The first-order valence-corrected chi connectivity index (χ1v) is 9.45. The molecule has 2 amide bonds. The first kappa shape index (κ1) is 19.3. The molecule has 0 spiro atoms. The molecule has 0 saturated carbocycles. The van der Waals surface area contributed by atoms with E-state index >= 15 is 0 Å². The number of carbonyl (C=O) groups excluding carboxylic acids is 2. The summed E-state index contributed by atoms with van der Waals surface area (Å²) in [7, 11) is 0. The number of nitrogens with one attached hydrogen (secondary N) is 1. The molecule has 1 fully saturated rings. The molecule has 1 aromatic carbocycles. The number of carbonyl (C=O) groups is 3. The summed E-state index contributed by atoms with van der Waals surface area (Å²) >= 11 is 1.57. The van der Waals surface area contributed by atoms with Crippen LogP contribution in [0.5, 0.6) is 0 Å². The monoisotopic (exact) mass is 364 g/mol. The Labute approximate surface area is 152 Å². The maximum absolute atomic E-state index is 12.5. The van der Waals surface area contributed by atoms with Gasteiger partial charge in [0.15, 0.2) is 0 Å². The van der Waals surface area contributed by atoms with Crippen molar-refractivity contribution in [1.29, 1.82) is 0 Å². The third kappa shape index (κ3) is 4.34. The normalized spacial score (nSPS) is 17.4. The molecule has 0 aromatic heterocycles. The zero-order valence-corrected chi connectivity index (χ0v) is 15.6. The van der Waals surface area contributed by atoms with Gasteiger partial charge in [-0.25, -0.2) is 0 Å². The van der Waals surface area contributed by atoms with Gasteiger partial charge >= 0.3 is 5.97 Å². The van der Waals surface area contributed by atoms with Gasteiger partial charge in [0.05, 0.1) is 11.3 Å². The second-order valence-electron chi connectivity index (χ2n) is 6.63. The smallest absolute Gasteiger partial charge is 0.313 e. The number of rotatable bonds is 6. The minimum absolute atomic E-state index is 0.00575. The van der Waals surface area contributed by atoms with Crippen molar-refractivity contribution in [1.82, 2.24) is 4.90 Å². The van der Waals surface area contributed by atoms with Crippen LogP contribution in [0, 0.1) is 0 Å². The number of hydrogen-bond donors (Lipinski definition) is 2. The Morgan fingerprint density at radius 3 is 2.48 bits per heavy atom. The second kappa shape index (κ2) is 7.91. The van der Waals surface area contributed by atoms with Gasteiger partial charge < -0.3 is 15.3 Å². The fourth-order valence-electron chi connectivity index (χ4n) is 2.58. The van der Waals surface area contributed by atoms with E-state index in [4.69, 9.17) is 0 Å². The van der Waals surface area contributed by atoms with Crippen molar-refractivity contribution in [3.05, 3.63) is 29.8 Å². The average Bonchev–Trinajstić information content (AvgIpc) is 3.05. The lowest BCUT2D eigenvalue weighted by molar-refractivity contribution is -0.142. The molecule has 6 nitrogen and oxygen atoms in total. The summed E-state index contributed by atoms with van der Waals surface area (Å²) in [5.74, 6) is 0.0249. The van der Waals surface area contributed by atoms with E-state index < -0.39 is 17.4 Å². The molecule has 1 aromatic rings. The Balaban J connectivity index is 2.05. The third-order valence-corrected chi connectivity index (χ3v) is 5.39. The van der Waals surface area contributed by atoms with Gasteiger partial charge in [0.25, 0.3) is 0 Å². The van der Waals surface area contributed by atoms with Crippen LogP contribution in [0.25, 0.3) is 0 Å². The van der Waals surface area contributed by atoms with Crippen molar-refractivity contribution in [3.8, 4) is 0 Å². The molecule has 1 aliphatic rings. The Hall–Kier alpha value is -2.02. The summed E-state index contributed by atoms with van der Waals surface area (Å²) in [6.07, 6.45) is 1.21. The van der Waals surface area contributed by atoms with Gasteiger partial charge in [0.2, 0.25) is 11.8 Å². The van der Waals surface area contributed by atoms with E-state index in [0.29, 0.717) is 29.3 Å². The number of carboxylic acids is 1. The van der Waals surface area contributed by atoms with Crippen molar-refractivity contribution in [3.63, 3.8) is 0 Å².